The molecule has 0 bridgehead atoms. The van der Waals surface area contributed by atoms with Gasteiger partial charge in [0.15, 0.2) is 0 Å². The highest BCUT2D eigenvalue weighted by Crippen LogP contribution is 2.17. The van der Waals surface area contributed by atoms with E-state index in [0.29, 0.717) is 5.69 Å². The van der Waals surface area contributed by atoms with Gasteiger partial charge in [-0.15, -0.1) is 0 Å². The minimum Gasteiger partial charge on any atom is -0.361 e. The summed E-state index contributed by atoms with van der Waals surface area (Å²) in [6.07, 6.45) is 2.09. The van der Waals surface area contributed by atoms with E-state index in [-0.39, 0.29) is 18.0 Å². The maximum atomic E-state index is 12.0. The number of aromatic amines is 1. The number of carbonyl (C=O) groups is 1. The molecule has 0 saturated carbocycles. The molecule has 110 valence electrons. The third-order valence-corrected chi connectivity index (χ3v) is 3.35. The number of nitro groups is 1. The molecule has 3 rings (SSSR count). The molecule has 0 aliphatic rings. The number of hydrogen-bond acceptors (Lipinski definition) is 3. The molecule has 1 heterocycles. The van der Waals surface area contributed by atoms with Gasteiger partial charge in [-0.3, -0.25) is 14.9 Å². The quantitative estimate of drug-likeness (QED) is 0.572. The predicted molar refractivity (Wildman–Crippen MR) is 83.7 cm³/mol. The third-order valence-electron chi connectivity index (χ3n) is 3.35. The first kappa shape index (κ1) is 13.8. The van der Waals surface area contributed by atoms with E-state index >= 15 is 0 Å². The van der Waals surface area contributed by atoms with Gasteiger partial charge in [-0.1, -0.05) is 12.1 Å². The lowest BCUT2D eigenvalue weighted by atomic mass is 10.1. The largest absolute Gasteiger partial charge is 0.361 e. The Labute approximate surface area is 125 Å². The molecule has 0 saturated heterocycles. The lowest BCUT2D eigenvalue weighted by Crippen LogP contribution is -2.14. The Morgan fingerprint density at radius 2 is 1.91 bits per heavy atom. The van der Waals surface area contributed by atoms with Gasteiger partial charge in [-0.25, -0.2) is 0 Å². The molecule has 2 aromatic carbocycles. The summed E-state index contributed by atoms with van der Waals surface area (Å²) < 4.78 is 0. The molecule has 0 spiro atoms. The molecule has 22 heavy (non-hydrogen) atoms. The molecule has 6 heteroatoms. The fourth-order valence-corrected chi connectivity index (χ4v) is 2.26. The van der Waals surface area contributed by atoms with E-state index in [0.717, 1.165) is 16.5 Å². The molecular weight excluding hydrogens is 282 g/mol. The fourth-order valence-electron chi connectivity index (χ4n) is 2.26. The summed E-state index contributed by atoms with van der Waals surface area (Å²) in [6.45, 7) is 0. The first-order valence-electron chi connectivity index (χ1n) is 6.72. The van der Waals surface area contributed by atoms with Crippen LogP contribution in [0.3, 0.4) is 0 Å². The summed E-state index contributed by atoms with van der Waals surface area (Å²) in [7, 11) is 0. The topological polar surface area (TPSA) is 88.0 Å². The van der Waals surface area contributed by atoms with E-state index in [1.165, 1.54) is 24.3 Å². The number of carbonyl (C=O) groups excluding carboxylic acids is 1. The first-order valence-corrected chi connectivity index (χ1v) is 6.72. The zero-order valence-corrected chi connectivity index (χ0v) is 11.6. The fraction of sp³-hybridized carbons (Fsp3) is 0.0625. The molecular formula is C16H13N3O3. The number of H-pyrrole nitrogens is 1. The van der Waals surface area contributed by atoms with E-state index in [1.54, 1.807) is 0 Å². The van der Waals surface area contributed by atoms with Crippen LogP contribution in [0.2, 0.25) is 0 Å². The number of rotatable bonds is 4. The number of amides is 1. The van der Waals surface area contributed by atoms with Crippen LogP contribution < -0.4 is 5.32 Å². The van der Waals surface area contributed by atoms with Crippen molar-refractivity contribution in [2.75, 3.05) is 5.32 Å². The van der Waals surface area contributed by atoms with Gasteiger partial charge in [0.05, 0.1) is 11.3 Å². The van der Waals surface area contributed by atoms with Crippen LogP contribution in [0.25, 0.3) is 10.9 Å². The highest BCUT2D eigenvalue weighted by Gasteiger charge is 2.08. The second-order valence-electron chi connectivity index (χ2n) is 4.93. The zero-order valence-electron chi connectivity index (χ0n) is 11.6. The Hall–Kier alpha value is -3.15. The van der Waals surface area contributed by atoms with Crippen molar-refractivity contribution in [1.82, 2.24) is 4.98 Å². The molecule has 0 aliphatic heterocycles. The molecule has 0 radical (unpaired) electrons. The Morgan fingerprint density at radius 3 is 2.64 bits per heavy atom. The minimum absolute atomic E-state index is 0.00445. The van der Waals surface area contributed by atoms with Gasteiger partial charge in [-0.05, 0) is 35.2 Å². The first-order chi connectivity index (χ1) is 10.6. The Bertz CT molecular complexity index is 837. The average Bonchev–Trinajstić information content (AvgIpc) is 2.95. The van der Waals surface area contributed by atoms with Gasteiger partial charge in [0.25, 0.3) is 5.69 Å². The summed E-state index contributed by atoms with van der Waals surface area (Å²) in [5.41, 5.74) is 2.42. The number of nitrogens with one attached hydrogen (secondary N) is 2. The molecule has 1 amide bonds. The SMILES string of the molecule is O=C(Cc1ccc2cc[nH]c2c1)Nc1ccc([N+](=O)[O-])cc1. The highest BCUT2D eigenvalue weighted by molar-refractivity contribution is 5.93. The second-order valence-corrected chi connectivity index (χ2v) is 4.93. The molecule has 0 aliphatic carbocycles. The molecule has 2 N–H and O–H groups in total. The molecule has 6 nitrogen and oxygen atoms in total. The van der Waals surface area contributed by atoms with Crippen molar-refractivity contribution in [3.63, 3.8) is 0 Å². The number of nitrogens with zero attached hydrogens (tertiary/aromatic N) is 1. The van der Waals surface area contributed by atoms with Crippen molar-refractivity contribution in [1.29, 1.82) is 0 Å². The molecule has 0 fully saturated rings. The van der Waals surface area contributed by atoms with E-state index in [9.17, 15) is 14.9 Å². The van der Waals surface area contributed by atoms with E-state index in [1.807, 2.05) is 30.5 Å². The van der Waals surface area contributed by atoms with Gasteiger partial charge in [-0.2, -0.15) is 0 Å². The minimum atomic E-state index is -0.475. The van der Waals surface area contributed by atoms with Crippen molar-refractivity contribution in [2.45, 2.75) is 6.42 Å². The normalized spacial score (nSPS) is 10.5. The maximum absolute atomic E-state index is 12.0. The third kappa shape index (κ3) is 2.95. The standard InChI is InChI=1S/C16H13N3O3/c20-16(18-13-3-5-14(6-4-13)19(21)22)10-11-1-2-12-7-8-17-15(12)9-11/h1-9,17H,10H2,(H,18,20). The lowest BCUT2D eigenvalue weighted by molar-refractivity contribution is -0.384. The number of benzene rings is 2. The van der Waals surface area contributed by atoms with Crippen LogP contribution in [0.4, 0.5) is 11.4 Å². The van der Waals surface area contributed by atoms with Gasteiger partial charge in [0.2, 0.25) is 5.91 Å². The number of aromatic nitrogens is 1. The second kappa shape index (κ2) is 5.69. The van der Waals surface area contributed by atoms with Crippen LogP contribution in [0, 0.1) is 10.1 Å². The van der Waals surface area contributed by atoms with Crippen LogP contribution in [0.5, 0.6) is 0 Å². The smallest absolute Gasteiger partial charge is 0.269 e. The molecule has 0 atom stereocenters. The van der Waals surface area contributed by atoms with E-state index in [2.05, 4.69) is 10.3 Å². The average molecular weight is 295 g/mol. The molecule has 0 unspecified atom stereocenters. The monoisotopic (exact) mass is 295 g/mol. The van der Waals surface area contributed by atoms with Gasteiger partial charge < -0.3 is 10.3 Å². The summed E-state index contributed by atoms with van der Waals surface area (Å²) in [4.78, 5) is 25.2. The van der Waals surface area contributed by atoms with Crippen LogP contribution >= 0.6 is 0 Å². The Kier molecular flexibility index (Phi) is 3.57. The van der Waals surface area contributed by atoms with Crippen molar-refractivity contribution < 1.29 is 9.72 Å². The van der Waals surface area contributed by atoms with Crippen LogP contribution in [0.1, 0.15) is 5.56 Å². The summed E-state index contributed by atoms with van der Waals surface area (Å²) in [5, 5.41) is 14.4. The number of anilines is 1. The van der Waals surface area contributed by atoms with E-state index < -0.39 is 4.92 Å². The molecule has 3 aromatic rings. The van der Waals surface area contributed by atoms with Gasteiger partial charge in [0.1, 0.15) is 0 Å². The number of nitro benzene ring substituents is 1. The van der Waals surface area contributed by atoms with Crippen LogP contribution in [-0.2, 0) is 11.2 Å². The lowest BCUT2D eigenvalue weighted by Gasteiger charge is -2.05. The summed E-state index contributed by atoms with van der Waals surface area (Å²) in [5.74, 6) is -0.167. The van der Waals surface area contributed by atoms with Crippen LogP contribution in [0.15, 0.2) is 54.7 Å². The Morgan fingerprint density at radius 1 is 1.14 bits per heavy atom. The van der Waals surface area contributed by atoms with Crippen LogP contribution in [-0.4, -0.2) is 15.8 Å². The Balaban J connectivity index is 1.67. The number of fused-ring (bicyclic) bond motifs is 1. The number of hydrogen-bond donors (Lipinski definition) is 2. The van der Waals surface area contributed by atoms with Gasteiger partial charge in [0, 0.05) is 29.5 Å². The van der Waals surface area contributed by atoms with Gasteiger partial charge >= 0.3 is 0 Å². The van der Waals surface area contributed by atoms with Crippen molar-refractivity contribution in [3.05, 3.63) is 70.4 Å². The summed E-state index contributed by atoms with van der Waals surface area (Å²) in [6, 6.07) is 13.5. The predicted octanol–water partition coefficient (Wildman–Crippen LogP) is 3.26. The van der Waals surface area contributed by atoms with Crippen molar-refractivity contribution in [2.24, 2.45) is 0 Å². The van der Waals surface area contributed by atoms with Crippen molar-refractivity contribution in [3.8, 4) is 0 Å². The molecule has 1 aromatic heterocycles. The maximum Gasteiger partial charge on any atom is 0.269 e. The highest BCUT2D eigenvalue weighted by atomic mass is 16.6. The zero-order chi connectivity index (χ0) is 15.5. The van der Waals surface area contributed by atoms with Crippen molar-refractivity contribution >= 4 is 28.2 Å². The van der Waals surface area contributed by atoms with E-state index in [4.69, 9.17) is 0 Å². The number of non-ortho nitro benzene ring substituents is 1. The summed E-state index contributed by atoms with van der Waals surface area (Å²) >= 11 is 0.